The van der Waals surface area contributed by atoms with Gasteiger partial charge in [-0.25, -0.2) is 4.79 Å². The number of carbonyl (C=O) groups is 2. The highest BCUT2D eigenvalue weighted by Gasteiger charge is 2.43. The molecular weight excluding hydrogens is 433 g/mol. The third kappa shape index (κ3) is 6.96. The fourth-order valence-electron chi connectivity index (χ4n) is 3.00. The van der Waals surface area contributed by atoms with Crippen molar-refractivity contribution in [3.63, 3.8) is 0 Å². The normalized spacial score (nSPS) is 11.5. The first-order valence-corrected chi connectivity index (χ1v) is 10.00. The van der Waals surface area contributed by atoms with Gasteiger partial charge in [0.25, 0.3) is 0 Å². The van der Waals surface area contributed by atoms with Crippen molar-refractivity contribution in [2.45, 2.75) is 19.3 Å². The summed E-state index contributed by atoms with van der Waals surface area (Å²) in [4.78, 5) is 25.1. The monoisotopic (exact) mass is 454 g/mol. The number of amides is 2. The van der Waals surface area contributed by atoms with E-state index in [1.807, 2.05) is 6.07 Å². The van der Waals surface area contributed by atoms with Crippen molar-refractivity contribution in [3.8, 4) is 0 Å². The van der Waals surface area contributed by atoms with E-state index >= 15 is 0 Å². The average molecular weight is 454 g/mol. The van der Waals surface area contributed by atoms with Crippen LogP contribution in [0.2, 0.25) is 0 Å². The van der Waals surface area contributed by atoms with Crippen molar-refractivity contribution < 1.29 is 27.5 Å². The number of alkyl halides is 3. The number of rotatable bonds is 7. The molecule has 3 aromatic carbocycles. The third-order valence-electron chi connectivity index (χ3n) is 4.57. The van der Waals surface area contributed by atoms with Crippen LogP contribution < -0.4 is 5.32 Å². The zero-order valence-electron chi connectivity index (χ0n) is 17.5. The second-order valence-corrected chi connectivity index (χ2v) is 6.98. The number of hydrogen-bond acceptors (Lipinski definition) is 3. The number of carbonyl (C=O) groups excluding carboxylic acids is 2. The van der Waals surface area contributed by atoms with Gasteiger partial charge in [0.05, 0.1) is 12.2 Å². The number of ether oxygens (including phenoxy) is 1. The van der Waals surface area contributed by atoms with Gasteiger partial charge in [0.2, 0.25) is 0 Å². The van der Waals surface area contributed by atoms with Crippen LogP contribution in [0.3, 0.4) is 0 Å². The zero-order valence-corrected chi connectivity index (χ0v) is 17.5. The van der Waals surface area contributed by atoms with Gasteiger partial charge < -0.3 is 4.74 Å². The van der Waals surface area contributed by atoms with Gasteiger partial charge in [-0.3, -0.25) is 15.0 Å². The van der Waals surface area contributed by atoms with Crippen LogP contribution in [-0.4, -0.2) is 23.1 Å². The second-order valence-electron chi connectivity index (χ2n) is 6.98. The molecule has 0 atom stereocenters. The molecule has 3 aromatic rings. The molecule has 0 saturated carbocycles. The number of nitrogens with one attached hydrogen (secondary N) is 1. The summed E-state index contributed by atoms with van der Waals surface area (Å²) >= 11 is 0. The molecule has 0 unspecified atom stereocenters. The first-order chi connectivity index (χ1) is 15.8. The summed E-state index contributed by atoms with van der Waals surface area (Å²) in [7, 11) is 0. The van der Waals surface area contributed by atoms with Crippen LogP contribution in [-0.2, 0) is 22.7 Å². The Bertz CT molecular complexity index is 1090. The van der Waals surface area contributed by atoms with E-state index in [0.717, 1.165) is 11.8 Å². The van der Waals surface area contributed by atoms with E-state index in [0.29, 0.717) is 16.0 Å². The molecular formula is C25H21F3N2O3. The van der Waals surface area contributed by atoms with E-state index in [4.69, 9.17) is 4.74 Å². The number of hydrogen-bond donors (Lipinski definition) is 1. The second kappa shape index (κ2) is 11.0. The van der Waals surface area contributed by atoms with Crippen LogP contribution in [0, 0.1) is 0 Å². The van der Waals surface area contributed by atoms with Crippen LogP contribution in [0.1, 0.15) is 16.7 Å². The summed E-state index contributed by atoms with van der Waals surface area (Å²) in [5.41, 5.74) is 1.43. The smallest absolute Gasteiger partial charge is 0.444 e. The Hall–Kier alpha value is -4.07. The standard InChI is InChI=1S/C25H21F3N2O3/c26-25(27,28)23(31)30(17-19-10-4-1-5-11-19)22(21-14-8-3-9-15-21)16-29-24(32)33-18-20-12-6-2-7-13-20/h1-16H,17-18H2,(H,29,32)/b22-16+. The third-order valence-corrected chi connectivity index (χ3v) is 4.57. The maximum atomic E-state index is 13.5. The molecule has 5 nitrogen and oxygen atoms in total. The first-order valence-electron chi connectivity index (χ1n) is 10.00. The van der Waals surface area contributed by atoms with Crippen molar-refractivity contribution >= 4 is 17.7 Å². The lowest BCUT2D eigenvalue weighted by molar-refractivity contribution is -0.182. The minimum atomic E-state index is -5.11. The Kier molecular flexibility index (Phi) is 7.86. The maximum Gasteiger partial charge on any atom is 0.471 e. The van der Waals surface area contributed by atoms with Gasteiger partial charge in [-0.15, -0.1) is 0 Å². The van der Waals surface area contributed by atoms with E-state index in [9.17, 15) is 22.8 Å². The van der Waals surface area contributed by atoms with Crippen LogP contribution in [0.25, 0.3) is 5.70 Å². The number of benzene rings is 3. The minimum Gasteiger partial charge on any atom is -0.444 e. The van der Waals surface area contributed by atoms with Gasteiger partial charge in [-0.1, -0.05) is 91.0 Å². The Labute approximate surface area is 189 Å². The average Bonchev–Trinajstić information content (AvgIpc) is 2.83. The van der Waals surface area contributed by atoms with Crippen molar-refractivity contribution in [2.75, 3.05) is 0 Å². The predicted octanol–water partition coefficient (Wildman–Crippen LogP) is 5.50. The van der Waals surface area contributed by atoms with E-state index in [1.54, 1.807) is 84.9 Å². The van der Waals surface area contributed by atoms with Crippen molar-refractivity contribution in [1.82, 2.24) is 10.2 Å². The molecule has 0 fully saturated rings. The summed E-state index contributed by atoms with van der Waals surface area (Å²) in [5, 5.41) is 2.34. The first kappa shape index (κ1) is 23.6. The van der Waals surface area contributed by atoms with Gasteiger partial charge in [0.15, 0.2) is 0 Å². The topological polar surface area (TPSA) is 58.6 Å². The maximum absolute atomic E-state index is 13.5. The molecule has 0 radical (unpaired) electrons. The summed E-state index contributed by atoms with van der Waals surface area (Å²) < 4.78 is 45.5. The highest BCUT2D eigenvalue weighted by Crippen LogP contribution is 2.28. The van der Waals surface area contributed by atoms with Gasteiger partial charge in [0, 0.05) is 6.20 Å². The summed E-state index contributed by atoms with van der Waals surface area (Å²) in [6.07, 6.45) is -4.93. The summed E-state index contributed by atoms with van der Waals surface area (Å²) in [6, 6.07) is 25.2. The van der Waals surface area contributed by atoms with Gasteiger partial charge in [0.1, 0.15) is 6.61 Å². The van der Waals surface area contributed by atoms with Gasteiger partial charge in [-0.2, -0.15) is 13.2 Å². The Balaban J connectivity index is 1.89. The van der Waals surface area contributed by atoms with Crippen LogP contribution in [0.15, 0.2) is 97.2 Å². The zero-order chi connectivity index (χ0) is 23.7. The van der Waals surface area contributed by atoms with Crippen LogP contribution >= 0.6 is 0 Å². The highest BCUT2D eigenvalue weighted by atomic mass is 19.4. The molecule has 1 N–H and O–H groups in total. The van der Waals surface area contributed by atoms with E-state index < -0.39 is 18.2 Å². The molecule has 0 aliphatic rings. The Morgan fingerprint density at radius 3 is 1.88 bits per heavy atom. The molecule has 8 heteroatoms. The Morgan fingerprint density at radius 1 is 0.818 bits per heavy atom. The minimum absolute atomic E-state index is 0.0175. The van der Waals surface area contributed by atoms with Crippen molar-refractivity contribution in [2.24, 2.45) is 0 Å². The van der Waals surface area contributed by atoms with E-state index in [1.165, 1.54) is 0 Å². The molecule has 0 aromatic heterocycles. The van der Waals surface area contributed by atoms with E-state index in [2.05, 4.69) is 5.32 Å². The molecule has 0 heterocycles. The van der Waals surface area contributed by atoms with Gasteiger partial charge >= 0.3 is 18.2 Å². The molecule has 0 aliphatic heterocycles. The number of nitrogens with zero attached hydrogens (tertiary/aromatic N) is 1. The molecule has 2 amide bonds. The molecule has 3 rings (SSSR count). The Morgan fingerprint density at radius 2 is 1.33 bits per heavy atom. The SMILES string of the molecule is O=C(N/C=C(\c1ccccc1)N(Cc1ccccc1)C(=O)C(F)(F)F)OCc1ccccc1. The summed E-state index contributed by atoms with van der Waals surface area (Å²) in [6.45, 7) is -0.364. The molecule has 0 saturated heterocycles. The molecule has 0 bridgehead atoms. The highest BCUT2D eigenvalue weighted by molar-refractivity contribution is 5.91. The van der Waals surface area contributed by atoms with Crippen LogP contribution in [0.4, 0.5) is 18.0 Å². The summed E-state index contributed by atoms with van der Waals surface area (Å²) in [5.74, 6) is -2.05. The molecule has 33 heavy (non-hydrogen) atoms. The predicted molar refractivity (Wildman–Crippen MR) is 117 cm³/mol. The lowest BCUT2D eigenvalue weighted by Gasteiger charge is -2.27. The van der Waals surface area contributed by atoms with Crippen molar-refractivity contribution in [1.29, 1.82) is 0 Å². The fraction of sp³-hybridized carbons (Fsp3) is 0.120. The van der Waals surface area contributed by atoms with E-state index in [-0.39, 0.29) is 18.8 Å². The molecule has 170 valence electrons. The van der Waals surface area contributed by atoms with Gasteiger partial charge in [-0.05, 0) is 16.7 Å². The van der Waals surface area contributed by atoms with Crippen molar-refractivity contribution in [3.05, 3.63) is 114 Å². The van der Waals surface area contributed by atoms with Crippen LogP contribution in [0.5, 0.6) is 0 Å². The lowest BCUT2D eigenvalue weighted by atomic mass is 10.1. The molecule has 0 aliphatic carbocycles. The number of alkyl carbamates (subject to hydrolysis) is 1. The quantitative estimate of drug-likeness (QED) is 0.513. The lowest BCUT2D eigenvalue weighted by Crippen LogP contribution is -2.40. The number of halogens is 3. The largest absolute Gasteiger partial charge is 0.471 e. The molecule has 0 spiro atoms. The fourth-order valence-corrected chi connectivity index (χ4v) is 3.00.